The molecule has 0 fully saturated rings. The SMILES string of the molecule is COC(=O)Nc1cc(C=O)cc(C(C)(C)C)c1. The zero-order valence-electron chi connectivity index (χ0n) is 10.5. The largest absolute Gasteiger partial charge is 0.453 e. The number of methoxy groups -OCH3 is 1. The second-order valence-electron chi connectivity index (χ2n) is 4.83. The van der Waals surface area contributed by atoms with E-state index in [4.69, 9.17) is 0 Å². The molecule has 17 heavy (non-hydrogen) atoms. The van der Waals surface area contributed by atoms with Gasteiger partial charge >= 0.3 is 6.09 Å². The van der Waals surface area contributed by atoms with E-state index in [1.54, 1.807) is 6.07 Å². The molecule has 0 bridgehead atoms. The molecule has 4 nitrogen and oxygen atoms in total. The fourth-order valence-corrected chi connectivity index (χ4v) is 1.39. The molecule has 1 rings (SSSR count). The van der Waals surface area contributed by atoms with Gasteiger partial charge in [0.2, 0.25) is 0 Å². The number of ether oxygens (including phenoxy) is 1. The maximum Gasteiger partial charge on any atom is 0.411 e. The Bertz CT molecular complexity index is 433. The van der Waals surface area contributed by atoms with Crippen LogP contribution >= 0.6 is 0 Å². The van der Waals surface area contributed by atoms with Crippen LogP contribution in [0.1, 0.15) is 36.7 Å². The first-order valence-corrected chi connectivity index (χ1v) is 5.32. The van der Waals surface area contributed by atoms with Crippen molar-refractivity contribution in [3.63, 3.8) is 0 Å². The van der Waals surface area contributed by atoms with Crippen LogP contribution in [0.25, 0.3) is 0 Å². The van der Waals surface area contributed by atoms with Crippen molar-refractivity contribution in [2.24, 2.45) is 0 Å². The number of rotatable bonds is 2. The van der Waals surface area contributed by atoms with E-state index in [2.05, 4.69) is 10.1 Å². The average molecular weight is 235 g/mol. The summed E-state index contributed by atoms with van der Waals surface area (Å²) in [4.78, 5) is 22.0. The highest BCUT2D eigenvalue weighted by molar-refractivity contribution is 5.87. The molecule has 4 heteroatoms. The van der Waals surface area contributed by atoms with Crippen LogP contribution in [0.4, 0.5) is 10.5 Å². The molecule has 0 aliphatic carbocycles. The lowest BCUT2D eigenvalue weighted by molar-refractivity contribution is 0.112. The van der Waals surface area contributed by atoms with E-state index in [1.807, 2.05) is 32.9 Å². The summed E-state index contributed by atoms with van der Waals surface area (Å²) in [5, 5.41) is 2.56. The lowest BCUT2D eigenvalue weighted by Crippen LogP contribution is -2.15. The molecule has 0 atom stereocenters. The number of nitrogens with one attached hydrogen (secondary N) is 1. The van der Waals surface area contributed by atoms with Crippen molar-refractivity contribution in [2.75, 3.05) is 12.4 Å². The molecule has 1 N–H and O–H groups in total. The Morgan fingerprint density at radius 1 is 1.29 bits per heavy atom. The van der Waals surface area contributed by atoms with Gasteiger partial charge in [-0.05, 0) is 29.2 Å². The van der Waals surface area contributed by atoms with Crippen LogP contribution in [0.3, 0.4) is 0 Å². The van der Waals surface area contributed by atoms with Crippen LogP contribution in [0, 0.1) is 0 Å². The minimum absolute atomic E-state index is 0.0917. The van der Waals surface area contributed by atoms with E-state index >= 15 is 0 Å². The van der Waals surface area contributed by atoms with Gasteiger partial charge < -0.3 is 4.74 Å². The van der Waals surface area contributed by atoms with Crippen molar-refractivity contribution in [3.8, 4) is 0 Å². The Morgan fingerprint density at radius 3 is 2.41 bits per heavy atom. The topological polar surface area (TPSA) is 55.4 Å². The number of anilines is 1. The van der Waals surface area contributed by atoms with Crippen LogP contribution in [-0.4, -0.2) is 19.5 Å². The second kappa shape index (κ2) is 4.99. The van der Waals surface area contributed by atoms with Crippen LogP contribution in [-0.2, 0) is 10.2 Å². The fraction of sp³-hybridized carbons (Fsp3) is 0.385. The van der Waals surface area contributed by atoms with Crippen molar-refractivity contribution in [1.82, 2.24) is 0 Å². The molecule has 1 amide bonds. The lowest BCUT2D eigenvalue weighted by Gasteiger charge is -2.20. The van der Waals surface area contributed by atoms with Crippen molar-refractivity contribution in [3.05, 3.63) is 29.3 Å². The first-order chi connectivity index (χ1) is 7.86. The van der Waals surface area contributed by atoms with E-state index in [-0.39, 0.29) is 5.41 Å². The first kappa shape index (κ1) is 13.2. The van der Waals surface area contributed by atoms with Crippen molar-refractivity contribution < 1.29 is 14.3 Å². The van der Waals surface area contributed by atoms with Gasteiger partial charge in [0.25, 0.3) is 0 Å². The standard InChI is InChI=1S/C13H17NO3/c1-13(2,3)10-5-9(8-15)6-11(7-10)14-12(16)17-4/h5-8H,1-4H3,(H,14,16). The van der Waals surface area contributed by atoms with Crippen molar-refractivity contribution in [2.45, 2.75) is 26.2 Å². The van der Waals surface area contributed by atoms with Crippen LogP contribution < -0.4 is 5.32 Å². The Kier molecular flexibility index (Phi) is 3.89. The number of hydrogen-bond acceptors (Lipinski definition) is 3. The van der Waals surface area contributed by atoms with Crippen LogP contribution in [0.15, 0.2) is 18.2 Å². The molecule has 0 aliphatic heterocycles. The van der Waals surface area contributed by atoms with Gasteiger partial charge in [0, 0.05) is 11.3 Å². The highest BCUT2D eigenvalue weighted by Crippen LogP contribution is 2.26. The molecule has 0 saturated carbocycles. The highest BCUT2D eigenvalue weighted by atomic mass is 16.5. The molecular formula is C13H17NO3. The molecule has 1 aromatic rings. The third-order valence-corrected chi connectivity index (χ3v) is 2.39. The van der Waals surface area contributed by atoms with Crippen LogP contribution in [0.5, 0.6) is 0 Å². The van der Waals surface area contributed by atoms with E-state index in [9.17, 15) is 9.59 Å². The molecular weight excluding hydrogens is 218 g/mol. The maximum atomic E-state index is 11.1. The number of amides is 1. The normalized spacial score (nSPS) is 10.8. The molecule has 0 spiro atoms. The van der Waals surface area contributed by atoms with Gasteiger partial charge in [-0.25, -0.2) is 4.79 Å². The fourth-order valence-electron chi connectivity index (χ4n) is 1.39. The first-order valence-electron chi connectivity index (χ1n) is 5.32. The third-order valence-electron chi connectivity index (χ3n) is 2.39. The molecule has 0 saturated heterocycles. The number of carbonyl (C=O) groups excluding carboxylic acids is 2. The van der Waals surface area contributed by atoms with Crippen molar-refractivity contribution in [1.29, 1.82) is 0 Å². The quantitative estimate of drug-likeness (QED) is 0.802. The summed E-state index contributed by atoms with van der Waals surface area (Å²) in [5.41, 5.74) is 1.98. The summed E-state index contributed by atoms with van der Waals surface area (Å²) in [6, 6.07) is 5.26. The van der Waals surface area contributed by atoms with E-state index in [1.165, 1.54) is 7.11 Å². The monoisotopic (exact) mass is 235 g/mol. The summed E-state index contributed by atoms with van der Waals surface area (Å²) in [6.45, 7) is 6.12. The summed E-state index contributed by atoms with van der Waals surface area (Å²) < 4.78 is 4.51. The summed E-state index contributed by atoms with van der Waals surface area (Å²) in [6.07, 6.45) is 0.213. The zero-order valence-corrected chi connectivity index (χ0v) is 10.5. The van der Waals surface area contributed by atoms with Gasteiger partial charge in [0.1, 0.15) is 6.29 Å². The van der Waals surface area contributed by atoms with E-state index in [0.29, 0.717) is 11.3 Å². The molecule has 0 unspecified atom stereocenters. The Balaban J connectivity index is 3.14. The highest BCUT2D eigenvalue weighted by Gasteiger charge is 2.16. The molecule has 1 aromatic carbocycles. The number of benzene rings is 1. The summed E-state index contributed by atoms with van der Waals surface area (Å²) in [7, 11) is 1.30. The molecule has 92 valence electrons. The van der Waals surface area contributed by atoms with Gasteiger partial charge in [0.15, 0.2) is 0 Å². The third kappa shape index (κ3) is 3.59. The smallest absolute Gasteiger partial charge is 0.411 e. The second-order valence-corrected chi connectivity index (χ2v) is 4.83. The van der Waals surface area contributed by atoms with E-state index in [0.717, 1.165) is 11.8 Å². The minimum atomic E-state index is -0.548. The zero-order chi connectivity index (χ0) is 13.1. The summed E-state index contributed by atoms with van der Waals surface area (Å²) >= 11 is 0. The number of hydrogen-bond donors (Lipinski definition) is 1. The molecule has 0 aliphatic rings. The van der Waals surface area contributed by atoms with E-state index < -0.39 is 6.09 Å². The lowest BCUT2D eigenvalue weighted by atomic mass is 9.86. The minimum Gasteiger partial charge on any atom is -0.453 e. The molecule has 0 heterocycles. The predicted molar refractivity (Wildman–Crippen MR) is 66.6 cm³/mol. The van der Waals surface area contributed by atoms with Crippen molar-refractivity contribution >= 4 is 18.1 Å². The van der Waals surface area contributed by atoms with Gasteiger partial charge in [-0.1, -0.05) is 20.8 Å². The Morgan fingerprint density at radius 2 is 1.94 bits per heavy atom. The maximum absolute atomic E-state index is 11.1. The Hall–Kier alpha value is -1.84. The summed E-state index contributed by atoms with van der Waals surface area (Å²) in [5.74, 6) is 0. The molecule has 0 aromatic heterocycles. The van der Waals surface area contributed by atoms with Gasteiger partial charge in [-0.15, -0.1) is 0 Å². The predicted octanol–water partition coefficient (Wildman–Crippen LogP) is 2.97. The average Bonchev–Trinajstić information content (AvgIpc) is 2.27. The van der Waals surface area contributed by atoms with Gasteiger partial charge in [0.05, 0.1) is 7.11 Å². The Labute approximate surface area is 101 Å². The van der Waals surface area contributed by atoms with Gasteiger partial charge in [-0.2, -0.15) is 0 Å². The molecule has 0 radical (unpaired) electrons. The van der Waals surface area contributed by atoms with Gasteiger partial charge in [-0.3, -0.25) is 10.1 Å². The number of aldehydes is 1. The van der Waals surface area contributed by atoms with Crippen LogP contribution in [0.2, 0.25) is 0 Å². The number of carbonyl (C=O) groups is 2.